The first kappa shape index (κ1) is 15.4. The molecule has 4 N–H and O–H groups in total. The molecule has 0 aromatic heterocycles. The van der Waals surface area contributed by atoms with E-state index in [1.54, 1.807) is 14.2 Å². The number of nitrogens with two attached hydrogens (primary N) is 1. The van der Waals surface area contributed by atoms with Crippen LogP contribution >= 0.6 is 0 Å². The maximum Gasteiger partial charge on any atom is 0.319 e. The van der Waals surface area contributed by atoms with Gasteiger partial charge >= 0.3 is 6.03 Å². The summed E-state index contributed by atoms with van der Waals surface area (Å²) < 4.78 is 10.1. The van der Waals surface area contributed by atoms with Gasteiger partial charge in [0.2, 0.25) is 0 Å². The predicted molar refractivity (Wildman–Crippen MR) is 74.0 cm³/mol. The smallest absolute Gasteiger partial charge is 0.319 e. The maximum atomic E-state index is 11.6. The number of hydrogen-bond acceptors (Lipinski definition) is 4. The number of nitrogens with one attached hydrogen (secondary N) is 2. The fourth-order valence-electron chi connectivity index (χ4n) is 1.50. The molecule has 1 rings (SSSR count). The van der Waals surface area contributed by atoms with Gasteiger partial charge in [0.15, 0.2) is 0 Å². The molecule has 106 valence electrons. The number of methoxy groups -OCH3 is 2. The lowest BCUT2D eigenvalue weighted by molar-refractivity contribution is 0.0307. The first-order valence-corrected chi connectivity index (χ1v) is 6.05. The van der Waals surface area contributed by atoms with Crippen LogP contribution in [0.4, 0.5) is 10.5 Å². The molecule has 0 aliphatic rings. The molecule has 0 aliphatic carbocycles. The van der Waals surface area contributed by atoms with Crippen LogP contribution in [0.15, 0.2) is 24.3 Å². The molecule has 1 aromatic carbocycles. The van der Waals surface area contributed by atoms with E-state index in [1.165, 1.54) is 0 Å². The van der Waals surface area contributed by atoms with Crippen LogP contribution in [0.5, 0.6) is 0 Å². The molecule has 2 amide bonds. The molecule has 19 heavy (non-hydrogen) atoms. The molecular weight excluding hydrogens is 246 g/mol. The van der Waals surface area contributed by atoms with E-state index in [0.29, 0.717) is 19.7 Å². The lowest BCUT2D eigenvalue weighted by Crippen LogP contribution is -2.37. The summed E-state index contributed by atoms with van der Waals surface area (Å²) in [5.74, 6) is 0. The first-order chi connectivity index (χ1) is 9.19. The predicted octanol–water partition coefficient (Wildman–Crippen LogP) is 0.928. The van der Waals surface area contributed by atoms with Gasteiger partial charge in [0, 0.05) is 33.0 Å². The summed E-state index contributed by atoms with van der Waals surface area (Å²) in [6, 6.07) is 7.09. The Labute approximate surface area is 113 Å². The first-order valence-electron chi connectivity index (χ1n) is 6.05. The van der Waals surface area contributed by atoms with Gasteiger partial charge in [-0.3, -0.25) is 0 Å². The Balaban J connectivity index is 2.37. The number of carbonyl (C=O) groups excluding carboxylic acids is 1. The van der Waals surface area contributed by atoms with Crippen molar-refractivity contribution >= 4 is 11.7 Å². The van der Waals surface area contributed by atoms with E-state index >= 15 is 0 Å². The van der Waals surface area contributed by atoms with Gasteiger partial charge in [0.05, 0.1) is 12.7 Å². The highest BCUT2D eigenvalue weighted by molar-refractivity contribution is 5.89. The molecule has 0 fully saturated rings. The molecule has 0 spiro atoms. The van der Waals surface area contributed by atoms with E-state index in [4.69, 9.17) is 15.2 Å². The summed E-state index contributed by atoms with van der Waals surface area (Å²) in [4.78, 5) is 11.6. The van der Waals surface area contributed by atoms with Crippen molar-refractivity contribution < 1.29 is 14.3 Å². The zero-order valence-electron chi connectivity index (χ0n) is 11.3. The summed E-state index contributed by atoms with van der Waals surface area (Å²) >= 11 is 0. The highest BCUT2D eigenvalue weighted by Gasteiger charge is 2.08. The van der Waals surface area contributed by atoms with Crippen molar-refractivity contribution in [3.05, 3.63) is 29.8 Å². The lowest BCUT2D eigenvalue weighted by Gasteiger charge is -2.15. The summed E-state index contributed by atoms with van der Waals surface area (Å²) in [5.41, 5.74) is 7.24. The van der Waals surface area contributed by atoms with Crippen molar-refractivity contribution in [2.24, 2.45) is 5.73 Å². The van der Waals surface area contributed by atoms with Gasteiger partial charge in [-0.15, -0.1) is 0 Å². The highest BCUT2D eigenvalue weighted by atomic mass is 16.5. The summed E-state index contributed by atoms with van der Waals surface area (Å²) in [6.07, 6.45) is -0.157. The summed E-state index contributed by atoms with van der Waals surface area (Å²) in [7, 11) is 3.17. The number of rotatable bonds is 7. The van der Waals surface area contributed by atoms with Crippen molar-refractivity contribution in [3.63, 3.8) is 0 Å². The minimum atomic E-state index is -0.279. The fourth-order valence-corrected chi connectivity index (χ4v) is 1.50. The normalized spacial score (nSPS) is 11.9. The quantitative estimate of drug-likeness (QED) is 0.686. The van der Waals surface area contributed by atoms with Crippen LogP contribution < -0.4 is 16.4 Å². The Morgan fingerprint density at radius 1 is 1.32 bits per heavy atom. The van der Waals surface area contributed by atoms with E-state index in [-0.39, 0.29) is 12.1 Å². The molecule has 0 radical (unpaired) electrons. The molecule has 0 saturated carbocycles. The number of urea groups is 1. The monoisotopic (exact) mass is 267 g/mol. The molecule has 1 aromatic rings. The zero-order valence-corrected chi connectivity index (χ0v) is 11.3. The molecule has 0 bridgehead atoms. The molecule has 1 unspecified atom stereocenters. The number of anilines is 1. The molecule has 0 heterocycles. The minimum Gasteiger partial charge on any atom is -0.382 e. The second-order valence-corrected chi connectivity index (χ2v) is 4.05. The van der Waals surface area contributed by atoms with Crippen LogP contribution in [0.3, 0.4) is 0 Å². The molecule has 0 aliphatic heterocycles. The van der Waals surface area contributed by atoms with Crippen molar-refractivity contribution in [3.8, 4) is 0 Å². The Hall–Kier alpha value is -1.63. The fraction of sp³-hybridized carbons (Fsp3) is 0.462. The number of amides is 2. The third kappa shape index (κ3) is 5.69. The Morgan fingerprint density at radius 2 is 2.00 bits per heavy atom. The van der Waals surface area contributed by atoms with Gasteiger partial charge in [-0.25, -0.2) is 4.79 Å². The van der Waals surface area contributed by atoms with Crippen molar-refractivity contribution in [2.75, 3.05) is 32.7 Å². The van der Waals surface area contributed by atoms with Crippen molar-refractivity contribution in [1.29, 1.82) is 0 Å². The minimum absolute atomic E-state index is 0.157. The van der Waals surface area contributed by atoms with Gasteiger partial charge in [0.1, 0.15) is 0 Å². The largest absolute Gasteiger partial charge is 0.382 e. The van der Waals surface area contributed by atoms with E-state index in [9.17, 15) is 4.79 Å². The average molecular weight is 267 g/mol. The second kappa shape index (κ2) is 8.47. The molecule has 0 saturated heterocycles. The standard InChI is InChI=1S/C13H21N3O3/c1-18-9-12(19-2)8-15-13(17)16-11-5-3-10(7-14)4-6-11/h3-6,12H,7-9,14H2,1-2H3,(H2,15,16,17). The molecule has 1 atom stereocenters. The van der Waals surface area contributed by atoms with Crippen LogP contribution in [0.1, 0.15) is 5.56 Å². The van der Waals surface area contributed by atoms with E-state index in [0.717, 1.165) is 11.3 Å². The lowest BCUT2D eigenvalue weighted by atomic mass is 10.2. The van der Waals surface area contributed by atoms with Gasteiger partial charge in [0.25, 0.3) is 0 Å². The van der Waals surface area contributed by atoms with E-state index < -0.39 is 0 Å². The van der Waals surface area contributed by atoms with E-state index in [2.05, 4.69) is 10.6 Å². The summed E-state index contributed by atoms with van der Waals surface area (Å²) in [6.45, 7) is 1.30. The zero-order chi connectivity index (χ0) is 14.1. The summed E-state index contributed by atoms with van der Waals surface area (Å²) in [5, 5.41) is 5.44. The Morgan fingerprint density at radius 3 is 2.53 bits per heavy atom. The average Bonchev–Trinajstić information content (AvgIpc) is 2.44. The van der Waals surface area contributed by atoms with Gasteiger partial charge in [-0.1, -0.05) is 12.1 Å². The van der Waals surface area contributed by atoms with E-state index in [1.807, 2.05) is 24.3 Å². The van der Waals surface area contributed by atoms with Crippen LogP contribution in [0.25, 0.3) is 0 Å². The number of carbonyl (C=O) groups is 1. The van der Waals surface area contributed by atoms with Gasteiger partial charge in [-0.05, 0) is 17.7 Å². The maximum absolute atomic E-state index is 11.6. The highest BCUT2D eigenvalue weighted by Crippen LogP contribution is 2.08. The van der Waals surface area contributed by atoms with Crippen LogP contribution in [-0.2, 0) is 16.0 Å². The van der Waals surface area contributed by atoms with Crippen LogP contribution in [-0.4, -0.2) is 39.5 Å². The molecule has 6 heteroatoms. The van der Waals surface area contributed by atoms with Gasteiger partial charge < -0.3 is 25.8 Å². The third-order valence-electron chi connectivity index (χ3n) is 2.62. The van der Waals surface area contributed by atoms with Crippen LogP contribution in [0.2, 0.25) is 0 Å². The van der Waals surface area contributed by atoms with Crippen molar-refractivity contribution in [1.82, 2.24) is 5.32 Å². The Kier molecular flexibility index (Phi) is 6.88. The number of benzene rings is 1. The van der Waals surface area contributed by atoms with Crippen LogP contribution in [0, 0.1) is 0 Å². The van der Waals surface area contributed by atoms with Crippen molar-refractivity contribution in [2.45, 2.75) is 12.6 Å². The SMILES string of the molecule is COCC(CNC(=O)Nc1ccc(CN)cc1)OC. The second-order valence-electron chi connectivity index (χ2n) is 4.05. The number of ether oxygens (including phenoxy) is 2. The Bertz CT molecular complexity index is 381. The molecule has 6 nitrogen and oxygen atoms in total. The third-order valence-corrected chi connectivity index (χ3v) is 2.62. The number of hydrogen-bond donors (Lipinski definition) is 3. The molecular formula is C13H21N3O3. The topological polar surface area (TPSA) is 85.6 Å². The van der Waals surface area contributed by atoms with Gasteiger partial charge in [-0.2, -0.15) is 0 Å².